The molecule has 1 fully saturated rings. The van der Waals surface area contributed by atoms with Gasteiger partial charge in [0.25, 0.3) is 5.91 Å². The molecule has 138 valence electrons. The second kappa shape index (κ2) is 9.62. The zero-order valence-electron chi connectivity index (χ0n) is 15.8. The van der Waals surface area contributed by atoms with E-state index in [-0.39, 0.29) is 18.4 Å². The van der Waals surface area contributed by atoms with Crippen LogP contribution in [0.3, 0.4) is 0 Å². The molecule has 0 saturated carbocycles. The van der Waals surface area contributed by atoms with Crippen LogP contribution in [-0.2, 0) is 0 Å². The fourth-order valence-electron chi connectivity index (χ4n) is 3.30. The summed E-state index contributed by atoms with van der Waals surface area (Å²) in [7, 11) is 0. The molecule has 0 spiro atoms. The topological polar surface area (TPSA) is 52.6 Å². The maximum Gasteiger partial charge on any atom is 0.253 e. The molecule has 4 heteroatoms. The number of aliphatic hydroxyl groups excluding tert-OH is 1. The van der Waals surface area contributed by atoms with Crippen LogP contribution in [0.1, 0.15) is 56.8 Å². The number of benzene rings is 1. The molecule has 0 aromatic heterocycles. The molecule has 25 heavy (non-hydrogen) atoms. The first-order valence-corrected chi connectivity index (χ1v) is 9.39. The van der Waals surface area contributed by atoms with Crippen molar-refractivity contribution >= 4 is 11.6 Å². The van der Waals surface area contributed by atoms with E-state index in [0.717, 1.165) is 43.5 Å². The van der Waals surface area contributed by atoms with Gasteiger partial charge in [-0.1, -0.05) is 17.7 Å². The van der Waals surface area contributed by atoms with E-state index in [1.165, 1.54) is 5.57 Å². The number of aliphatic hydroxyl groups is 1. The lowest BCUT2D eigenvalue weighted by atomic mass is 9.98. The van der Waals surface area contributed by atoms with E-state index in [2.05, 4.69) is 32.2 Å². The fraction of sp³-hybridized carbons (Fsp3) is 0.571. The summed E-state index contributed by atoms with van der Waals surface area (Å²) in [5, 5.41) is 12.9. The summed E-state index contributed by atoms with van der Waals surface area (Å²) < 4.78 is 0. The number of allylic oxidation sites excluding steroid dienone is 2. The standard InChI is InChI=1S/C21H32N2O2/c1-16(2)7-4-8-17(3)22-20-11-5-10-19(13-20)21(25)23-12-6-9-18(14-23)15-24/h5,7,10-11,13,17-18,22,24H,4,6,8-9,12,14-15H2,1-3H3. The monoisotopic (exact) mass is 344 g/mol. The first-order chi connectivity index (χ1) is 12.0. The summed E-state index contributed by atoms with van der Waals surface area (Å²) in [6, 6.07) is 8.13. The third-order valence-electron chi connectivity index (χ3n) is 4.74. The van der Waals surface area contributed by atoms with E-state index in [9.17, 15) is 9.90 Å². The first-order valence-electron chi connectivity index (χ1n) is 9.39. The Balaban J connectivity index is 1.95. The largest absolute Gasteiger partial charge is 0.396 e. The number of hydrogen-bond donors (Lipinski definition) is 2. The van der Waals surface area contributed by atoms with Crippen molar-refractivity contribution in [2.24, 2.45) is 5.92 Å². The van der Waals surface area contributed by atoms with Gasteiger partial charge in [-0.15, -0.1) is 0 Å². The highest BCUT2D eigenvalue weighted by molar-refractivity contribution is 5.95. The van der Waals surface area contributed by atoms with Crippen LogP contribution in [0.5, 0.6) is 0 Å². The third-order valence-corrected chi connectivity index (χ3v) is 4.74. The van der Waals surface area contributed by atoms with E-state index in [4.69, 9.17) is 0 Å². The highest BCUT2D eigenvalue weighted by Crippen LogP contribution is 2.20. The molecule has 1 saturated heterocycles. The molecule has 0 bridgehead atoms. The van der Waals surface area contributed by atoms with Gasteiger partial charge in [-0.25, -0.2) is 0 Å². The molecule has 2 unspecified atom stereocenters. The molecule has 4 nitrogen and oxygen atoms in total. The van der Waals surface area contributed by atoms with Gasteiger partial charge in [0, 0.05) is 37.0 Å². The Hall–Kier alpha value is -1.81. The first kappa shape index (κ1) is 19.5. The van der Waals surface area contributed by atoms with Crippen LogP contribution in [0.2, 0.25) is 0 Å². The van der Waals surface area contributed by atoms with Crippen LogP contribution in [0.4, 0.5) is 5.69 Å². The summed E-state index contributed by atoms with van der Waals surface area (Å²) in [5.41, 5.74) is 3.06. The summed E-state index contributed by atoms with van der Waals surface area (Å²) in [4.78, 5) is 14.6. The van der Waals surface area contributed by atoms with Crippen LogP contribution in [0.15, 0.2) is 35.9 Å². The fourth-order valence-corrected chi connectivity index (χ4v) is 3.30. The second-order valence-corrected chi connectivity index (χ2v) is 7.43. The molecular weight excluding hydrogens is 312 g/mol. The molecule has 1 heterocycles. The Morgan fingerprint density at radius 1 is 1.44 bits per heavy atom. The molecule has 2 atom stereocenters. The predicted octanol–water partition coefficient (Wildman–Crippen LogP) is 4.08. The lowest BCUT2D eigenvalue weighted by Gasteiger charge is -2.32. The Labute approximate surface area is 151 Å². The minimum absolute atomic E-state index is 0.0685. The Kier molecular flexibility index (Phi) is 7.51. The van der Waals surface area contributed by atoms with Crippen molar-refractivity contribution in [3.05, 3.63) is 41.5 Å². The lowest BCUT2D eigenvalue weighted by molar-refractivity contribution is 0.0621. The van der Waals surface area contributed by atoms with Crippen molar-refractivity contribution in [3.8, 4) is 0 Å². The number of hydrogen-bond acceptors (Lipinski definition) is 3. The smallest absolute Gasteiger partial charge is 0.253 e. The molecular formula is C21H32N2O2. The number of rotatable bonds is 7. The molecule has 1 amide bonds. The van der Waals surface area contributed by atoms with Gasteiger partial charge < -0.3 is 15.3 Å². The van der Waals surface area contributed by atoms with Crippen molar-refractivity contribution in [1.82, 2.24) is 4.90 Å². The van der Waals surface area contributed by atoms with Crippen LogP contribution in [-0.4, -0.2) is 41.7 Å². The number of anilines is 1. The summed E-state index contributed by atoms with van der Waals surface area (Å²) >= 11 is 0. The van der Waals surface area contributed by atoms with Gasteiger partial charge in [-0.3, -0.25) is 4.79 Å². The molecule has 2 rings (SSSR count). The number of nitrogens with one attached hydrogen (secondary N) is 1. The van der Waals surface area contributed by atoms with Gasteiger partial charge >= 0.3 is 0 Å². The average Bonchev–Trinajstić information content (AvgIpc) is 2.61. The van der Waals surface area contributed by atoms with E-state index >= 15 is 0 Å². The predicted molar refractivity (Wildman–Crippen MR) is 104 cm³/mol. The summed E-state index contributed by atoms with van der Waals surface area (Å²) in [6.45, 7) is 8.01. The molecule has 1 aliphatic heterocycles. The van der Waals surface area contributed by atoms with Crippen molar-refractivity contribution in [2.75, 3.05) is 25.0 Å². The maximum atomic E-state index is 12.8. The highest BCUT2D eigenvalue weighted by Gasteiger charge is 2.24. The number of amides is 1. The number of carbonyl (C=O) groups is 1. The SMILES string of the molecule is CC(C)=CCCC(C)Nc1cccc(C(=O)N2CCCC(CO)C2)c1. The van der Waals surface area contributed by atoms with E-state index in [1.807, 2.05) is 29.2 Å². The number of nitrogens with zero attached hydrogens (tertiary/aromatic N) is 1. The normalized spacial score (nSPS) is 18.6. The molecule has 0 aliphatic carbocycles. The zero-order valence-corrected chi connectivity index (χ0v) is 15.8. The van der Waals surface area contributed by atoms with E-state index in [0.29, 0.717) is 12.6 Å². The Bertz CT molecular complexity index is 593. The minimum Gasteiger partial charge on any atom is -0.396 e. The molecule has 1 aromatic carbocycles. The van der Waals surface area contributed by atoms with Gasteiger partial charge in [0.2, 0.25) is 0 Å². The number of carbonyl (C=O) groups excluding carboxylic acids is 1. The molecule has 0 radical (unpaired) electrons. The van der Waals surface area contributed by atoms with Crippen molar-refractivity contribution in [3.63, 3.8) is 0 Å². The van der Waals surface area contributed by atoms with E-state index < -0.39 is 0 Å². The van der Waals surface area contributed by atoms with Crippen molar-refractivity contribution < 1.29 is 9.90 Å². The van der Waals surface area contributed by atoms with Crippen LogP contribution >= 0.6 is 0 Å². The lowest BCUT2D eigenvalue weighted by Crippen LogP contribution is -2.40. The van der Waals surface area contributed by atoms with Gasteiger partial charge in [0.1, 0.15) is 0 Å². The quantitative estimate of drug-likeness (QED) is 0.733. The van der Waals surface area contributed by atoms with Crippen molar-refractivity contribution in [2.45, 2.75) is 52.5 Å². The summed E-state index contributed by atoms with van der Waals surface area (Å²) in [6.07, 6.45) is 6.35. The van der Waals surface area contributed by atoms with Crippen LogP contribution < -0.4 is 5.32 Å². The molecule has 2 N–H and O–H groups in total. The van der Waals surface area contributed by atoms with Crippen LogP contribution in [0.25, 0.3) is 0 Å². The Morgan fingerprint density at radius 2 is 2.24 bits per heavy atom. The van der Waals surface area contributed by atoms with Gasteiger partial charge in [0.05, 0.1) is 0 Å². The number of likely N-dealkylation sites (tertiary alicyclic amines) is 1. The second-order valence-electron chi connectivity index (χ2n) is 7.43. The zero-order chi connectivity index (χ0) is 18.2. The van der Waals surface area contributed by atoms with Gasteiger partial charge in [0.15, 0.2) is 0 Å². The van der Waals surface area contributed by atoms with E-state index in [1.54, 1.807) is 0 Å². The maximum absolute atomic E-state index is 12.8. The van der Waals surface area contributed by atoms with Gasteiger partial charge in [-0.05, 0) is 70.6 Å². The van der Waals surface area contributed by atoms with Crippen molar-refractivity contribution in [1.29, 1.82) is 0 Å². The van der Waals surface area contributed by atoms with Gasteiger partial charge in [-0.2, -0.15) is 0 Å². The highest BCUT2D eigenvalue weighted by atomic mass is 16.3. The Morgan fingerprint density at radius 3 is 2.96 bits per heavy atom. The summed E-state index contributed by atoms with van der Waals surface area (Å²) in [5.74, 6) is 0.285. The molecule has 1 aromatic rings. The average molecular weight is 344 g/mol. The number of piperidine rings is 1. The third kappa shape index (κ3) is 6.20. The molecule has 1 aliphatic rings. The minimum atomic E-state index is 0.0685. The van der Waals surface area contributed by atoms with Crippen LogP contribution in [0, 0.1) is 5.92 Å².